The molecule has 1 aliphatic heterocycles. The van der Waals surface area contributed by atoms with E-state index in [1.807, 2.05) is 43.3 Å². The van der Waals surface area contributed by atoms with Crippen molar-refractivity contribution in [3.63, 3.8) is 0 Å². The first-order valence-corrected chi connectivity index (χ1v) is 10.5. The van der Waals surface area contributed by atoms with Crippen LogP contribution < -0.4 is 9.62 Å². The van der Waals surface area contributed by atoms with Gasteiger partial charge in [0.1, 0.15) is 0 Å². The van der Waals surface area contributed by atoms with E-state index in [2.05, 4.69) is 9.62 Å². The molecule has 0 aromatic heterocycles. The lowest BCUT2D eigenvalue weighted by molar-refractivity contribution is 0.0819. The maximum absolute atomic E-state index is 12.5. The zero-order valence-corrected chi connectivity index (χ0v) is 16.1. The van der Waals surface area contributed by atoms with E-state index in [1.165, 1.54) is 0 Å². The SMILES string of the molecule is CCc1ccc(S(=O)(=O)Nc2ccc(N3CCC(OC)CC3)cc2)cc1. The summed E-state index contributed by atoms with van der Waals surface area (Å²) >= 11 is 0. The summed E-state index contributed by atoms with van der Waals surface area (Å²) in [6.45, 7) is 3.95. The van der Waals surface area contributed by atoms with Gasteiger partial charge in [0.25, 0.3) is 10.0 Å². The molecule has 1 N–H and O–H groups in total. The molecule has 1 fully saturated rings. The van der Waals surface area contributed by atoms with Crippen molar-refractivity contribution in [3.8, 4) is 0 Å². The van der Waals surface area contributed by atoms with Crippen LogP contribution in [0.2, 0.25) is 0 Å². The fraction of sp³-hybridized carbons (Fsp3) is 0.400. The Hall–Kier alpha value is -2.05. The van der Waals surface area contributed by atoms with E-state index in [0.29, 0.717) is 11.8 Å². The van der Waals surface area contributed by atoms with E-state index < -0.39 is 10.0 Å². The lowest BCUT2D eigenvalue weighted by Gasteiger charge is -2.33. The van der Waals surface area contributed by atoms with E-state index in [4.69, 9.17) is 4.74 Å². The first-order valence-electron chi connectivity index (χ1n) is 9.01. The molecule has 6 heteroatoms. The van der Waals surface area contributed by atoms with Gasteiger partial charge in [0, 0.05) is 31.6 Å². The van der Waals surface area contributed by atoms with Gasteiger partial charge in [-0.25, -0.2) is 8.42 Å². The Bertz CT molecular complexity index is 809. The Morgan fingerprint density at radius 2 is 1.65 bits per heavy atom. The summed E-state index contributed by atoms with van der Waals surface area (Å²) in [6.07, 6.45) is 3.25. The molecule has 0 spiro atoms. The smallest absolute Gasteiger partial charge is 0.261 e. The highest BCUT2D eigenvalue weighted by Crippen LogP contribution is 2.24. The van der Waals surface area contributed by atoms with Gasteiger partial charge in [-0.2, -0.15) is 0 Å². The van der Waals surface area contributed by atoms with Crippen molar-refractivity contribution in [1.29, 1.82) is 0 Å². The number of piperidine rings is 1. The van der Waals surface area contributed by atoms with Crippen LogP contribution in [0.25, 0.3) is 0 Å². The number of methoxy groups -OCH3 is 1. The molecule has 0 bridgehead atoms. The van der Waals surface area contributed by atoms with Crippen LogP contribution in [0.4, 0.5) is 11.4 Å². The Morgan fingerprint density at radius 3 is 2.19 bits per heavy atom. The Morgan fingerprint density at radius 1 is 1.04 bits per heavy atom. The third-order valence-corrected chi connectivity index (χ3v) is 6.30. The minimum atomic E-state index is -3.57. The first kappa shape index (κ1) is 18.7. The summed E-state index contributed by atoms with van der Waals surface area (Å²) in [5.74, 6) is 0. The minimum Gasteiger partial charge on any atom is -0.381 e. The van der Waals surface area contributed by atoms with Crippen LogP contribution >= 0.6 is 0 Å². The Balaban J connectivity index is 1.66. The molecule has 1 heterocycles. The molecule has 0 radical (unpaired) electrons. The van der Waals surface area contributed by atoms with Crippen molar-refractivity contribution in [2.24, 2.45) is 0 Å². The molecular weight excluding hydrogens is 348 g/mol. The lowest BCUT2D eigenvalue weighted by Crippen LogP contribution is -2.36. The molecule has 2 aromatic carbocycles. The molecule has 1 saturated heterocycles. The van der Waals surface area contributed by atoms with Gasteiger partial charge in [-0.15, -0.1) is 0 Å². The predicted octanol–water partition coefficient (Wildman–Crippen LogP) is 3.67. The molecule has 140 valence electrons. The molecule has 0 aliphatic carbocycles. The van der Waals surface area contributed by atoms with E-state index in [1.54, 1.807) is 19.2 Å². The van der Waals surface area contributed by atoms with Gasteiger partial charge in [0.05, 0.1) is 11.0 Å². The molecule has 0 unspecified atom stereocenters. The summed E-state index contributed by atoms with van der Waals surface area (Å²) in [7, 11) is -1.81. The molecule has 5 nitrogen and oxygen atoms in total. The highest BCUT2D eigenvalue weighted by molar-refractivity contribution is 7.92. The van der Waals surface area contributed by atoms with E-state index in [-0.39, 0.29) is 4.90 Å². The maximum atomic E-state index is 12.5. The number of nitrogens with zero attached hydrogens (tertiary/aromatic N) is 1. The summed E-state index contributed by atoms with van der Waals surface area (Å²) in [5, 5.41) is 0. The number of hydrogen-bond donors (Lipinski definition) is 1. The second kappa shape index (κ2) is 8.10. The van der Waals surface area contributed by atoms with Gasteiger partial charge in [0.15, 0.2) is 0 Å². The largest absolute Gasteiger partial charge is 0.381 e. The second-order valence-corrected chi connectivity index (χ2v) is 8.25. The molecule has 1 aliphatic rings. The molecule has 2 aromatic rings. The zero-order valence-electron chi connectivity index (χ0n) is 15.3. The van der Waals surface area contributed by atoms with Crippen molar-refractivity contribution in [1.82, 2.24) is 0 Å². The third-order valence-electron chi connectivity index (χ3n) is 4.90. The highest BCUT2D eigenvalue weighted by atomic mass is 32.2. The maximum Gasteiger partial charge on any atom is 0.261 e. The second-order valence-electron chi connectivity index (χ2n) is 6.57. The van der Waals surface area contributed by atoms with Gasteiger partial charge in [0.2, 0.25) is 0 Å². The van der Waals surface area contributed by atoms with Gasteiger partial charge >= 0.3 is 0 Å². The van der Waals surface area contributed by atoms with Gasteiger partial charge < -0.3 is 9.64 Å². The molecule has 0 atom stereocenters. The van der Waals surface area contributed by atoms with Gasteiger partial charge in [-0.3, -0.25) is 4.72 Å². The van der Waals surface area contributed by atoms with Crippen LogP contribution in [0.15, 0.2) is 53.4 Å². The zero-order chi connectivity index (χ0) is 18.6. The van der Waals surface area contributed by atoms with Crippen molar-refractivity contribution in [3.05, 3.63) is 54.1 Å². The topological polar surface area (TPSA) is 58.6 Å². The third kappa shape index (κ3) is 4.37. The predicted molar refractivity (Wildman–Crippen MR) is 105 cm³/mol. The average Bonchev–Trinajstić information content (AvgIpc) is 2.68. The normalized spacial score (nSPS) is 15.8. The molecule has 26 heavy (non-hydrogen) atoms. The highest BCUT2D eigenvalue weighted by Gasteiger charge is 2.19. The molecule has 0 saturated carbocycles. The van der Waals surface area contributed by atoms with Crippen LogP contribution in [-0.4, -0.2) is 34.7 Å². The summed E-state index contributed by atoms with van der Waals surface area (Å²) in [6, 6.07) is 14.6. The van der Waals surface area contributed by atoms with E-state index >= 15 is 0 Å². The Labute approximate surface area is 156 Å². The van der Waals surface area contributed by atoms with Crippen LogP contribution in [0.3, 0.4) is 0 Å². The number of rotatable bonds is 6. The lowest BCUT2D eigenvalue weighted by atomic mass is 10.1. The summed E-state index contributed by atoms with van der Waals surface area (Å²) in [4.78, 5) is 2.58. The van der Waals surface area contributed by atoms with Crippen LogP contribution in [0.1, 0.15) is 25.3 Å². The standard InChI is InChI=1S/C20H26N2O3S/c1-3-16-4-10-20(11-5-16)26(23,24)21-17-6-8-18(9-7-17)22-14-12-19(25-2)13-15-22/h4-11,19,21H,3,12-15H2,1-2H3. The van der Waals surface area contributed by atoms with Gasteiger partial charge in [-0.05, 0) is 61.2 Å². The fourth-order valence-corrected chi connectivity index (χ4v) is 4.27. The van der Waals surface area contributed by atoms with Crippen LogP contribution in [0.5, 0.6) is 0 Å². The minimum absolute atomic E-state index is 0.278. The van der Waals surface area contributed by atoms with Crippen molar-refractivity contribution >= 4 is 21.4 Å². The monoisotopic (exact) mass is 374 g/mol. The van der Waals surface area contributed by atoms with Crippen molar-refractivity contribution in [2.45, 2.75) is 37.2 Å². The average molecular weight is 375 g/mol. The number of hydrogen-bond acceptors (Lipinski definition) is 4. The number of aryl methyl sites for hydroxylation is 1. The van der Waals surface area contributed by atoms with Crippen molar-refractivity contribution < 1.29 is 13.2 Å². The molecular formula is C20H26N2O3S. The number of sulfonamides is 1. The van der Waals surface area contributed by atoms with Crippen LogP contribution in [0, 0.1) is 0 Å². The number of anilines is 2. The van der Waals surface area contributed by atoms with Gasteiger partial charge in [-0.1, -0.05) is 19.1 Å². The summed E-state index contributed by atoms with van der Waals surface area (Å²) < 4.78 is 33.1. The van der Waals surface area contributed by atoms with Crippen molar-refractivity contribution in [2.75, 3.05) is 29.8 Å². The number of ether oxygens (including phenoxy) is 1. The van der Waals surface area contributed by atoms with Crippen LogP contribution in [-0.2, 0) is 21.2 Å². The summed E-state index contributed by atoms with van der Waals surface area (Å²) in [5.41, 5.74) is 2.79. The Kier molecular flexibility index (Phi) is 5.84. The quantitative estimate of drug-likeness (QED) is 0.838. The number of nitrogens with one attached hydrogen (secondary N) is 1. The van der Waals surface area contributed by atoms with E-state index in [9.17, 15) is 8.42 Å². The molecule has 3 rings (SSSR count). The first-order chi connectivity index (χ1) is 12.5. The van der Waals surface area contributed by atoms with E-state index in [0.717, 1.165) is 43.6 Å². The fourth-order valence-electron chi connectivity index (χ4n) is 3.21. The number of benzene rings is 2. The molecule has 0 amide bonds.